The van der Waals surface area contributed by atoms with Gasteiger partial charge in [-0.1, -0.05) is 11.6 Å². The predicted octanol–water partition coefficient (Wildman–Crippen LogP) is 3.20. The molecule has 1 aromatic rings. The van der Waals surface area contributed by atoms with Crippen molar-refractivity contribution >= 4 is 23.6 Å². The van der Waals surface area contributed by atoms with Crippen LogP contribution < -0.4 is 4.74 Å². The van der Waals surface area contributed by atoms with Crippen molar-refractivity contribution in [2.45, 2.75) is 12.8 Å². The second kappa shape index (κ2) is 6.59. The van der Waals surface area contributed by atoms with Gasteiger partial charge in [-0.2, -0.15) is 0 Å². The van der Waals surface area contributed by atoms with Crippen molar-refractivity contribution in [2.75, 3.05) is 13.4 Å². The van der Waals surface area contributed by atoms with Gasteiger partial charge < -0.3 is 14.6 Å². The highest BCUT2D eigenvalue weighted by atomic mass is 35.5. The van der Waals surface area contributed by atoms with Gasteiger partial charge in [0.15, 0.2) is 6.79 Å². The van der Waals surface area contributed by atoms with E-state index in [4.69, 9.17) is 26.2 Å². The van der Waals surface area contributed by atoms with E-state index in [2.05, 4.69) is 0 Å². The average Bonchev–Trinajstić information content (AvgIpc) is 3.18. The van der Waals surface area contributed by atoms with Crippen LogP contribution in [0.25, 0.3) is 6.08 Å². The molecule has 1 N–H and O–H groups in total. The number of hydrogen-bond donors (Lipinski definition) is 1. The lowest BCUT2D eigenvalue weighted by molar-refractivity contribution is -0.131. The van der Waals surface area contributed by atoms with Crippen LogP contribution in [0.2, 0.25) is 5.02 Å². The zero-order valence-electron chi connectivity index (χ0n) is 10.3. The SMILES string of the molecule is O=C(O)/C=C/c1cc(Cl)ccc1OCOCC1CC1. The number of rotatable bonds is 7. The maximum absolute atomic E-state index is 10.5. The van der Waals surface area contributed by atoms with Crippen molar-refractivity contribution in [1.82, 2.24) is 0 Å². The predicted molar refractivity (Wildman–Crippen MR) is 72.3 cm³/mol. The fraction of sp³-hybridized carbons (Fsp3) is 0.357. The molecule has 1 fully saturated rings. The first-order chi connectivity index (χ1) is 9.15. The molecular formula is C14H15ClO4. The molecule has 4 nitrogen and oxygen atoms in total. The van der Waals surface area contributed by atoms with Gasteiger partial charge in [0.1, 0.15) is 5.75 Å². The third kappa shape index (κ3) is 4.93. The molecule has 5 heteroatoms. The zero-order chi connectivity index (χ0) is 13.7. The Kier molecular flexibility index (Phi) is 4.82. The summed E-state index contributed by atoms with van der Waals surface area (Å²) in [7, 11) is 0. The summed E-state index contributed by atoms with van der Waals surface area (Å²) in [6, 6.07) is 5.04. The van der Waals surface area contributed by atoms with Crippen molar-refractivity contribution in [1.29, 1.82) is 0 Å². The standard InChI is InChI=1S/C14H15ClO4/c15-12-4-5-13(11(7-12)3-6-14(16)17)19-9-18-8-10-1-2-10/h3-7,10H,1-2,8-9H2,(H,16,17)/b6-3+. The molecule has 102 valence electrons. The summed E-state index contributed by atoms with van der Waals surface area (Å²) >= 11 is 5.88. The summed E-state index contributed by atoms with van der Waals surface area (Å²) in [5.41, 5.74) is 0.616. The normalized spacial score (nSPS) is 14.8. The molecule has 0 amide bonds. The van der Waals surface area contributed by atoms with Crippen LogP contribution in [0.4, 0.5) is 0 Å². The maximum atomic E-state index is 10.5. The highest BCUT2D eigenvalue weighted by Gasteiger charge is 2.21. The maximum Gasteiger partial charge on any atom is 0.328 e. The molecule has 0 atom stereocenters. The van der Waals surface area contributed by atoms with E-state index in [1.165, 1.54) is 18.9 Å². The van der Waals surface area contributed by atoms with Crippen LogP contribution in [-0.2, 0) is 9.53 Å². The molecule has 0 bridgehead atoms. The molecule has 0 aromatic heterocycles. The third-order valence-electron chi connectivity index (χ3n) is 2.73. The highest BCUT2D eigenvalue weighted by Crippen LogP contribution is 2.29. The minimum Gasteiger partial charge on any atom is -0.478 e. The zero-order valence-corrected chi connectivity index (χ0v) is 11.1. The molecular weight excluding hydrogens is 268 g/mol. The second-order valence-corrected chi connectivity index (χ2v) is 4.87. The molecule has 1 aliphatic rings. The van der Waals surface area contributed by atoms with Crippen LogP contribution in [0.3, 0.4) is 0 Å². The molecule has 1 aromatic carbocycles. The van der Waals surface area contributed by atoms with Gasteiger partial charge in [0.2, 0.25) is 0 Å². The van der Waals surface area contributed by atoms with Gasteiger partial charge in [0.25, 0.3) is 0 Å². The monoisotopic (exact) mass is 282 g/mol. The van der Waals surface area contributed by atoms with E-state index in [1.807, 2.05) is 0 Å². The van der Waals surface area contributed by atoms with E-state index in [0.29, 0.717) is 28.9 Å². The fourth-order valence-electron chi connectivity index (χ4n) is 1.55. The number of ether oxygens (including phenoxy) is 2. The van der Waals surface area contributed by atoms with Crippen LogP contribution >= 0.6 is 11.6 Å². The van der Waals surface area contributed by atoms with Gasteiger partial charge in [0, 0.05) is 16.7 Å². The van der Waals surface area contributed by atoms with E-state index >= 15 is 0 Å². The molecule has 1 aliphatic carbocycles. The Morgan fingerprint density at radius 1 is 1.47 bits per heavy atom. The molecule has 1 saturated carbocycles. The van der Waals surface area contributed by atoms with Crippen LogP contribution in [0.15, 0.2) is 24.3 Å². The average molecular weight is 283 g/mol. The highest BCUT2D eigenvalue weighted by molar-refractivity contribution is 6.30. The molecule has 0 saturated heterocycles. The Morgan fingerprint density at radius 3 is 2.95 bits per heavy atom. The molecule has 2 rings (SSSR count). The summed E-state index contributed by atoms with van der Waals surface area (Å²) in [5.74, 6) is 0.216. The number of benzene rings is 1. The Balaban J connectivity index is 1.94. The Labute approximate surface area is 116 Å². The lowest BCUT2D eigenvalue weighted by Crippen LogP contribution is -2.05. The number of carbonyl (C=O) groups is 1. The summed E-state index contributed by atoms with van der Waals surface area (Å²) in [6.07, 6.45) is 4.95. The van der Waals surface area contributed by atoms with E-state index in [-0.39, 0.29) is 6.79 Å². The lowest BCUT2D eigenvalue weighted by atomic mass is 10.2. The minimum atomic E-state index is -1.02. The molecule has 0 spiro atoms. The van der Waals surface area contributed by atoms with Gasteiger partial charge in [-0.25, -0.2) is 4.79 Å². The van der Waals surface area contributed by atoms with E-state index in [1.54, 1.807) is 18.2 Å². The summed E-state index contributed by atoms with van der Waals surface area (Å²) in [5, 5.41) is 9.16. The molecule has 19 heavy (non-hydrogen) atoms. The van der Waals surface area contributed by atoms with Crippen LogP contribution in [-0.4, -0.2) is 24.5 Å². The first-order valence-electron chi connectivity index (χ1n) is 6.06. The summed E-state index contributed by atoms with van der Waals surface area (Å²) < 4.78 is 10.9. The number of aliphatic carboxylic acids is 1. The van der Waals surface area contributed by atoms with Crippen LogP contribution in [0.1, 0.15) is 18.4 Å². The number of carboxylic acids is 1. The first-order valence-corrected chi connectivity index (χ1v) is 6.44. The van der Waals surface area contributed by atoms with Gasteiger partial charge in [-0.15, -0.1) is 0 Å². The van der Waals surface area contributed by atoms with Gasteiger partial charge in [0.05, 0.1) is 6.61 Å². The van der Waals surface area contributed by atoms with Crippen molar-refractivity contribution in [3.8, 4) is 5.75 Å². The van der Waals surface area contributed by atoms with Gasteiger partial charge >= 0.3 is 5.97 Å². The minimum absolute atomic E-state index is 0.159. The Morgan fingerprint density at radius 2 is 2.26 bits per heavy atom. The summed E-state index contributed by atoms with van der Waals surface area (Å²) in [4.78, 5) is 10.5. The number of hydrogen-bond acceptors (Lipinski definition) is 3. The van der Waals surface area contributed by atoms with Crippen molar-refractivity contribution < 1.29 is 19.4 Å². The first kappa shape index (κ1) is 13.9. The quantitative estimate of drug-likeness (QED) is 0.474. The van der Waals surface area contributed by atoms with Gasteiger partial charge in [-0.05, 0) is 43.0 Å². The van der Waals surface area contributed by atoms with E-state index < -0.39 is 5.97 Å². The molecule has 0 radical (unpaired) electrons. The molecule has 0 heterocycles. The largest absolute Gasteiger partial charge is 0.478 e. The Hall–Kier alpha value is -1.52. The van der Waals surface area contributed by atoms with Crippen LogP contribution in [0, 0.1) is 5.92 Å². The van der Waals surface area contributed by atoms with Gasteiger partial charge in [-0.3, -0.25) is 0 Å². The van der Waals surface area contributed by atoms with Crippen molar-refractivity contribution in [2.24, 2.45) is 5.92 Å². The number of halogens is 1. The lowest BCUT2D eigenvalue weighted by Gasteiger charge is -2.09. The smallest absolute Gasteiger partial charge is 0.328 e. The van der Waals surface area contributed by atoms with Crippen molar-refractivity contribution in [3.63, 3.8) is 0 Å². The van der Waals surface area contributed by atoms with E-state index in [9.17, 15) is 4.79 Å². The van der Waals surface area contributed by atoms with Crippen LogP contribution in [0.5, 0.6) is 5.75 Å². The topological polar surface area (TPSA) is 55.8 Å². The molecule has 0 unspecified atom stereocenters. The van der Waals surface area contributed by atoms with Crippen molar-refractivity contribution in [3.05, 3.63) is 34.9 Å². The Bertz CT molecular complexity index is 480. The summed E-state index contributed by atoms with van der Waals surface area (Å²) in [6.45, 7) is 0.875. The third-order valence-corrected chi connectivity index (χ3v) is 2.96. The van der Waals surface area contributed by atoms with E-state index in [0.717, 1.165) is 6.08 Å². The molecule has 0 aliphatic heterocycles. The number of carboxylic acid groups (broad SMARTS) is 1. The fourth-order valence-corrected chi connectivity index (χ4v) is 1.73. The second-order valence-electron chi connectivity index (χ2n) is 4.43.